The predicted octanol–water partition coefficient (Wildman–Crippen LogP) is 4.86. The average Bonchev–Trinajstić information content (AvgIpc) is 2.48. The van der Waals surface area contributed by atoms with Crippen LogP contribution in [0.25, 0.3) is 22.4 Å². The first kappa shape index (κ1) is 12.5. The molecule has 0 aliphatic rings. The molecule has 1 heterocycles. The first-order valence-electron chi connectivity index (χ1n) is 6.52. The van der Waals surface area contributed by atoms with Gasteiger partial charge < -0.3 is 0 Å². The lowest BCUT2D eigenvalue weighted by Crippen LogP contribution is -1.91. The summed E-state index contributed by atoms with van der Waals surface area (Å²) in [5.41, 5.74) is 4.96. The van der Waals surface area contributed by atoms with Crippen LogP contribution in [0.3, 0.4) is 0 Å². The molecule has 2 heteroatoms. The molecule has 0 N–H and O–H groups in total. The summed E-state index contributed by atoms with van der Waals surface area (Å²) in [6.07, 6.45) is 1.77. The fourth-order valence-corrected chi connectivity index (χ4v) is 2.41. The van der Waals surface area contributed by atoms with Gasteiger partial charge >= 0.3 is 0 Å². The highest BCUT2D eigenvalue weighted by Crippen LogP contribution is 2.33. The Labute approximate surface area is 117 Å². The smallest absolute Gasteiger partial charge is 0.123 e. The SMILES string of the molecule is Cc1cccc(-c2cccc(F)c2)c1-c1ccccn1. The molecule has 3 aromatic rings. The molecular formula is C18H14FN. The van der Waals surface area contributed by atoms with E-state index in [9.17, 15) is 4.39 Å². The van der Waals surface area contributed by atoms with Crippen molar-refractivity contribution in [3.05, 3.63) is 78.2 Å². The molecule has 0 unspecified atom stereocenters. The van der Waals surface area contributed by atoms with E-state index in [0.29, 0.717) is 0 Å². The summed E-state index contributed by atoms with van der Waals surface area (Å²) in [6.45, 7) is 2.05. The summed E-state index contributed by atoms with van der Waals surface area (Å²) >= 11 is 0. The number of nitrogens with zero attached hydrogens (tertiary/aromatic N) is 1. The van der Waals surface area contributed by atoms with Gasteiger partial charge in [0.1, 0.15) is 5.82 Å². The Morgan fingerprint density at radius 2 is 1.75 bits per heavy atom. The van der Waals surface area contributed by atoms with Gasteiger partial charge in [-0.05, 0) is 47.9 Å². The van der Waals surface area contributed by atoms with Crippen LogP contribution in [0.1, 0.15) is 5.56 Å². The molecule has 0 amide bonds. The number of hydrogen-bond acceptors (Lipinski definition) is 1. The second kappa shape index (κ2) is 5.25. The normalized spacial score (nSPS) is 10.5. The topological polar surface area (TPSA) is 12.9 Å². The van der Waals surface area contributed by atoms with Gasteiger partial charge in [0.05, 0.1) is 5.69 Å². The Morgan fingerprint density at radius 1 is 0.900 bits per heavy atom. The minimum Gasteiger partial charge on any atom is -0.256 e. The van der Waals surface area contributed by atoms with Crippen molar-refractivity contribution in [2.45, 2.75) is 6.92 Å². The van der Waals surface area contributed by atoms with Gasteiger partial charge in [-0.2, -0.15) is 0 Å². The molecule has 20 heavy (non-hydrogen) atoms. The van der Waals surface area contributed by atoms with E-state index < -0.39 is 0 Å². The first-order chi connectivity index (χ1) is 9.75. The Balaban J connectivity index is 2.25. The molecule has 0 radical (unpaired) electrons. The van der Waals surface area contributed by atoms with Crippen LogP contribution < -0.4 is 0 Å². The van der Waals surface area contributed by atoms with Gasteiger partial charge in [-0.3, -0.25) is 4.98 Å². The van der Waals surface area contributed by atoms with E-state index in [4.69, 9.17) is 0 Å². The van der Waals surface area contributed by atoms with E-state index >= 15 is 0 Å². The molecule has 0 aliphatic heterocycles. The van der Waals surface area contributed by atoms with E-state index in [0.717, 1.165) is 27.9 Å². The van der Waals surface area contributed by atoms with Crippen molar-refractivity contribution in [3.8, 4) is 22.4 Å². The standard InChI is InChI=1S/C18H14FN/c1-13-6-4-9-16(14-7-5-8-15(19)12-14)18(13)17-10-2-3-11-20-17/h2-12H,1H3. The van der Waals surface area contributed by atoms with Crippen LogP contribution in [0.4, 0.5) is 4.39 Å². The lowest BCUT2D eigenvalue weighted by molar-refractivity contribution is 0.628. The zero-order valence-electron chi connectivity index (χ0n) is 11.2. The monoisotopic (exact) mass is 263 g/mol. The van der Waals surface area contributed by atoms with Crippen LogP contribution in [0.15, 0.2) is 66.9 Å². The third-order valence-corrected chi connectivity index (χ3v) is 3.33. The highest BCUT2D eigenvalue weighted by Gasteiger charge is 2.11. The first-order valence-corrected chi connectivity index (χ1v) is 6.52. The van der Waals surface area contributed by atoms with Crippen molar-refractivity contribution in [2.75, 3.05) is 0 Å². The van der Waals surface area contributed by atoms with Crippen LogP contribution >= 0.6 is 0 Å². The highest BCUT2D eigenvalue weighted by atomic mass is 19.1. The Hall–Kier alpha value is -2.48. The maximum absolute atomic E-state index is 13.5. The fraction of sp³-hybridized carbons (Fsp3) is 0.0556. The summed E-state index contributed by atoms with van der Waals surface area (Å²) in [6, 6.07) is 18.5. The second-order valence-electron chi connectivity index (χ2n) is 4.72. The van der Waals surface area contributed by atoms with Gasteiger partial charge in [0.2, 0.25) is 0 Å². The van der Waals surface area contributed by atoms with Crippen LogP contribution in [0.2, 0.25) is 0 Å². The summed E-state index contributed by atoms with van der Waals surface area (Å²) in [4.78, 5) is 4.42. The lowest BCUT2D eigenvalue weighted by Gasteiger charge is -2.12. The summed E-state index contributed by atoms with van der Waals surface area (Å²) in [5.74, 6) is -0.226. The highest BCUT2D eigenvalue weighted by molar-refractivity contribution is 5.84. The van der Waals surface area contributed by atoms with Gasteiger partial charge in [-0.1, -0.05) is 36.4 Å². The summed E-state index contributed by atoms with van der Waals surface area (Å²) < 4.78 is 13.5. The van der Waals surface area contributed by atoms with Gasteiger partial charge in [0.15, 0.2) is 0 Å². The van der Waals surface area contributed by atoms with Crippen molar-refractivity contribution in [1.82, 2.24) is 4.98 Å². The third-order valence-electron chi connectivity index (χ3n) is 3.33. The van der Waals surface area contributed by atoms with E-state index in [-0.39, 0.29) is 5.82 Å². The quantitative estimate of drug-likeness (QED) is 0.643. The maximum atomic E-state index is 13.5. The molecule has 0 saturated carbocycles. The Kier molecular flexibility index (Phi) is 3.30. The molecule has 0 spiro atoms. The van der Waals surface area contributed by atoms with Gasteiger partial charge in [0.25, 0.3) is 0 Å². The van der Waals surface area contributed by atoms with Gasteiger partial charge in [-0.25, -0.2) is 4.39 Å². The fourth-order valence-electron chi connectivity index (χ4n) is 2.41. The number of pyridine rings is 1. The summed E-state index contributed by atoms with van der Waals surface area (Å²) in [5, 5.41) is 0. The van der Waals surface area contributed by atoms with E-state index in [1.54, 1.807) is 18.3 Å². The Morgan fingerprint density at radius 3 is 2.50 bits per heavy atom. The number of aryl methyl sites for hydroxylation is 1. The minimum atomic E-state index is -0.226. The van der Waals surface area contributed by atoms with Crippen LogP contribution in [0.5, 0.6) is 0 Å². The molecule has 1 aromatic heterocycles. The molecule has 1 nitrogen and oxygen atoms in total. The number of halogens is 1. The van der Waals surface area contributed by atoms with Crippen molar-refractivity contribution in [3.63, 3.8) is 0 Å². The van der Waals surface area contributed by atoms with Crippen LogP contribution in [-0.2, 0) is 0 Å². The number of aromatic nitrogens is 1. The van der Waals surface area contributed by atoms with Crippen molar-refractivity contribution in [1.29, 1.82) is 0 Å². The zero-order valence-corrected chi connectivity index (χ0v) is 11.2. The van der Waals surface area contributed by atoms with Crippen molar-refractivity contribution < 1.29 is 4.39 Å². The molecule has 3 rings (SSSR count). The number of rotatable bonds is 2. The van der Waals surface area contributed by atoms with Crippen molar-refractivity contribution in [2.24, 2.45) is 0 Å². The van der Waals surface area contributed by atoms with Gasteiger partial charge in [0, 0.05) is 11.8 Å². The minimum absolute atomic E-state index is 0.226. The Bertz CT molecular complexity index is 735. The third kappa shape index (κ3) is 2.32. The van der Waals surface area contributed by atoms with Crippen molar-refractivity contribution >= 4 is 0 Å². The van der Waals surface area contributed by atoms with E-state index in [1.165, 1.54) is 6.07 Å². The molecule has 0 atom stereocenters. The van der Waals surface area contributed by atoms with Gasteiger partial charge in [-0.15, -0.1) is 0 Å². The summed E-state index contributed by atoms with van der Waals surface area (Å²) in [7, 11) is 0. The molecule has 0 aliphatic carbocycles. The molecule has 2 aromatic carbocycles. The number of hydrogen-bond donors (Lipinski definition) is 0. The predicted molar refractivity (Wildman–Crippen MR) is 79.8 cm³/mol. The molecule has 0 bridgehead atoms. The maximum Gasteiger partial charge on any atom is 0.123 e. The van der Waals surface area contributed by atoms with Crippen LogP contribution in [0, 0.1) is 12.7 Å². The molecule has 0 saturated heterocycles. The average molecular weight is 263 g/mol. The molecular weight excluding hydrogens is 249 g/mol. The molecule has 98 valence electrons. The second-order valence-corrected chi connectivity index (χ2v) is 4.72. The zero-order chi connectivity index (χ0) is 13.9. The molecule has 0 fully saturated rings. The van der Waals surface area contributed by atoms with E-state index in [2.05, 4.69) is 4.98 Å². The number of benzene rings is 2. The van der Waals surface area contributed by atoms with Crippen LogP contribution in [-0.4, -0.2) is 4.98 Å². The van der Waals surface area contributed by atoms with E-state index in [1.807, 2.05) is 49.4 Å². The lowest BCUT2D eigenvalue weighted by atomic mass is 9.93. The largest absolute Gasteiger partial charge is 0.256 e.